The number of pyridine rings is 2. The van der Waals surface area contributed by atoms with E-state index in [-0.39, 0.29) is 0 Å². The highest BCUT2D eigenvalue weighted by Crippen LogP contribution is 2.41. The van der Waals surface area contributed by atoms with E-state index in [1.54, 1.807) is 18.6 Å². The fourth-order valence-electron chi connectivity index (χ4n) is 3.08. The van der Waals surface area contributed by atoms with E-state index in [1.807, 2.05) is 24.4 Å². The minimum atomic E-state index is 0.367. The molecule has 0 spiro atoms. The van der Waals surface area contributed by atoms with Gasteiger partial charge in [-0.15, -0.1) is 0 Å². The molecule has 0 amide bonds. The number of hydrogen-bond acceptors (Lipinski definition) is 6. The van der Waals surface area contributed by atoms with Gasteiger partial charge in [-0.05, 0) is 31.0 Å². The van der Waals surface area contributed by atoms with Crippen molar-refractivity contribution < 1.29 is 0 Å². The van der Waals surface area contributed by atoms with Crippen LogP contribution in [0.1, 0.15) is 26.7 Å². The quantitative estimate of drug-likeness (QED) is 0.581. The van der Waals surface area contributed by atoms with Crippen LogP contribution in [0.5, 0.6) is 0 Å². The van der Waals surface area contributed by atoms with Gasteiger partial charge >= 0.3 is 0 Å². The number of hydrogen-bond donors (Lipinski definition) is 2. The maximum atomic E-state index is 4.83. The molecule has 3 aromatic rings. The molecule has 0 bridgehead atoms. The van der Waals surface area contributed by atoms with Crippen LogP contribution in [-0.2, 0) is 0 Å². The average Bonchev–Trinajstić information content (AvgIpc) is 2.80. The third-order valence-corrected chi connectivity index (χ3v) is 4.53. The molecular weight excluding hydrogens is 312 g/mol. The molecule has 0 radical (unpaired) electrons. The standard InChI is InChI=1S/C19H20N6/c1-3-12(4-2)23-19-22-10-15-13-7-9-20-11-16(13)24-18-14(17(15)25-19)6-5-8-21-18/h5-12H,3-4H2,1-2H3,(H,21,24)(H,22,23,25). The Hall–Kier alpha value is -3.02. The van der Waals surface area contributed by atoms with Crippen LogP contribution in [-0.4, -0.2) is 26.0 Å². The van der Waals surface area contributed by atoms with Crippen LogP contribution in [0.3, 0.4) is 0 Å². The monoisotopic (exact) mass is 332 g/mol. The Balaban J connectivity index is 1.89. The summed E-state index contributed by atoms with van der Waals surface area (Å²) in [5.41, 5.74) is 4.75. The molecule has 0 unspecified atom stereocenters. The number of nitrogens with zero attached hydrogens (tertiary/aromatic N) is 4. The summed E-state index contributed by atoms with van der Waals surface area (Å²) in [6, 6.07) is 6.30. The largest absolute Gasteiger partial charge is 0.351 e. The third kappa shape index (κ3) is 2.80. The lowest BCUT2D eigenvalue weighted by Gasteiger charge is -2.16. The smallest absolute Gasteiger partial charge is 0.223 e. The van der Waals surface area contributed by atoms with E-state index >= 15 is 0 Å². The van der Waals surface area contributed by atoms with Crippen molar-refractivity contribution in [3.8, 4) is 22.4 Å². The number of nitrogens with one attached hydrogen (secondary N) is 2. The second-order valence-electron chi connectivity index (χ2n) is 6.06. The minimum absolute atomic E-state index is 0.367. The Morgan fingerprint density at radius 3 is 2.72 bits per heavy atom. The fraction of sp³-hybridized carbons (Fsp3) is 0.263. The SMILES string of the molecule is CCC(CC)Nc1ncc2c(n1)-c1cccnc1Nc1cnccc1-2. The molecule has 6 nitrogen and oxygen atoms in total. The first-order chi connectivity index (χ1) is 12.3. The summed E-state index contributed by atoms with van der Waals surface area (Å²) in [6.45, 7) is 4.33. The first kappa shape index (κ1) is 15.5. The lowest BCUT2D eigenvalue weighted by Crippen LogP contribution is -2.19. The molecule has 25 heavy (non-hydrogen) atoms. The number of fused-ring (bicyclic) bond motifs is 5. The zero-order chi connectivity index (χ0) is 17.2. The van der Waals surface area contributed by atoms with Gasteiger partial charge in [0.25, 0.3) is 0 Å². The van der Waals surface area contributed by atoms with Gasteiger partial charge in [0.2, 0.25) is 5.95 Å². The van der Waals surface area contributed by atoms with Crippen LogP contribution >= 0.6 is 0 Å². The normalized spacial score (nSPS) is 11.8. The van der Waals surface area contributed by atoms with Crippen LogP contribution in [0.2, 0.25) is 0 Å². The van der Waals surface area contributed by atoms with Crippen LogP contribution in [0.15, 0.2) is 43.0 Å². The Labute approximate surface area is 146 Å². The predicted octanol–water partition coefficient (Wildman–Crippen LogP) is 4.26. The van der Waals surface area contributed by atoms with Crippen molar-refractivity contribution >= 4 is 17.5 Å². The van der Waals surface area contributed by atoms with E-state index in [9.17, 15) is 0 Å². The number of rotatable bonds is 4. The summed E-state index contributed by atoms with van der Waals surface area (Å²) in [5.74, 6) is 1.43. The Morgan fingerprint density at radius 2 is 1.88 bits per heavy atom. The molecule has 0 saturated heterocycles. The summed E-state index contributed by atoms with van der Waals surface area (Å²) < 4.78 is 0. The molecule has 0 aromatic carbocycles. The Bertz CT molecular complexity index is 904. The molecule has 4 heterocycles. The van der Waals surface area contributed by atoms with Gasteiger partial charge in [0.1, 0.15) is 5.82 Å². The van der Waals surface area contributed by atoms with Crippen LogP contribution in [0.25, 0.3) is 22.4 Å². The topological polar surface area (TPSA) is 75.6 Å². The van der Waals surface area contributed by atoms with Gasteiger partial charge in [-0.25, -0.2) is 15.0 Å². The summed E-state index contributed by atoms with van der Waals surface area (Å²) in [4.78, 5) is 18.1. The van der Waals surface area contributed by atoms with Gasteiger partial charge in [0.05, 0.1) is 17.6 Å². The summed E-state index contributed by atoms with van der Waals surface area (Å²) in [6.07, 6.45) is 9.31. The second kappa shape index (κ2) is 6.47. The van der Waals surface area contributed by atoms with Crippen LogP contribution < -0.4 is 10.6 Å². The van der Waals surface area contributed by atoms with Crippen LogP contribution in [0, 0.1) is 0 Å². The van der Waals surface area contributed by atoms with Crippen molar-refractivity contribution in [3.63, 3.8) is 0 Å². The van der Waals surface area contributed by atoms with Crippen molar-refractivity contribution in [2.75, 3.05) is 10.6 Å². The molecule has 126 valence electrons. The zero-order valence-electron chi connectivity index (χ0n) is 14.3. The van der Waals surface area contributed by atoms with Gasteiger partial charge in [-0.2, -0.15) is 0 Å². The summed E-state index contributed by atoms with van der Waals surface area (Å²) in [5, 5.41) is 6.80. The van der Waals surface area contributed by atoms with Gasteiger partial charge in [0.15, 0.2) is 0 Å². The van der Waals surface area contributed by atoms with Crippen LogP contribution in [0.4, 0.5) is 17.5 Å². The van der Waals surface area contributed by atoms with Crippen molar-refractivity contribution in [2.45, 2.75) is 32.7 Å². The molecule has 2 N–H and O–H groups in total. The number of anilines is 3. The highest BCUT2D eigenvalue weighted by atomic mass is 15.1. The highest BCUT2D eigenvalue weighted by molar-refractivity contribution is 5.95. The van der Waals surface area contributed by atoms with E-state index in [4.69, 9.17) is 4.98 Å². The van der Waals surface area contributed by atoms with Gasteiger partial charge < -0.3 is 10.6 Å². The molecule has 4 rings (SSSR count). The zero-order valence-corrected chi connectivity index (χ0v) is 14.3. The summed E-state index contributed by atoms with van der Waals surface area (Å²) in [7, 11) is 0. The maximum Gasteiger partial charge on any atom is 0.223 e. The van der Waals surface area contributed by atoms with Gasteiger partial charge in [-0.1, -0.05) is 13.8 Å². The lowest BCUT2D eigenvalue weighted by molar-refractivity contribution is 0.665. The highest BCUT2D eigenvalue weighted by Gasteiger charge is 2.22. The Morgan fingerprint density at radius 1 is 1.00 bits per heavy atom. The minimum Gasteiger partial charge on any atom is -0.351 e. The van der Waals surface area contributed by atoms with Gasteiger partial charge in [0, 0.05) is 41.3 Å². The van der Waals surface area contributed by atoms with Crippen molar-refractivity contribution in [1.82, 2.24) is 19.9 Å². The summed E-state index contributed by atoms with van der Waals surface area (Å²) >= 11 is 0. The molecule has 0 fully saturated rings. The molecule has 3 aromatic heterocycles. The fourth-order valence-corrected chi connectivity index (χ4v) is 3.08. The number of aromatic nitrogens is 4. The molecular formula is C19H20N6. The molecule has 1 aliphatic heterocycles. The van der Waals surface area contributed by atoms with E-state index in [1.165, 1.54) is 0 Å². The lowest BCUT2D eigenvalue weighted by atomic mass is 10.0. The second-order valence-corrected chi connectivity index (χ2v) is 6.06. The van der Waals surface area contributed by atoms with E-state index in [0.717, 1.165) is 46.7 Å². The Kier molecular flexibility index (Phi) is 4.01. The van der Waals surface area contributed by atoms with E-state index in [0.29, 0.717) is 12.0 Å². The predicted molar refractivity (Wildman–Crippen MR) is 99.8 cm³/mol. The third-order valence-electron chi connectivity index (χ3n) is 4.53. The van der Waals surface area contributed by atoms with E-state index in [2.05, 4.69) is 39.4 Å². The van der Waals surface area contributed by atoms with Crippen molar-refractivity contribution in [3.05, 3.63) is 43.0 Å². The molecule has 0 atom stereocenters. The molecule has 6 heteroatoms. The van der Waals surface area contributed by atoms with E-state index < -0.39 is 0 Å². The molecule has 0 aliphatic carbocycles. The maximum absolute atomic E-state index is 4.83. The first-order valence-electron chi connectivity index (χ1n) is 8.60. The molecule has 0 saturated carbocycles. The van der Waals surface area contributed by atoms with Gasteiger partial charge in [-0.3, -0.25) is 4.98 Å². The van der Waals surface area contributed by atoms with Crippen molar-refractivity contribution in [1.29, 1.82) is 0 Å². The first-order valence-corrected chi connectivity index (χ1v) is 8.60. The molecule has 1 aliphatic rings. The average molecular weight is 332 g/mol. The van der Waals surface area contributed by atoms with Crippen molar-refractivity contribution in [2.24, 2.45) is 0 Å².